The van der Waals surface area contributed by atoms with Crippen molar-refractivity contribution < 1.29 is 19.9 Å². The fraction of sp³-hybridized carbons (Fsp3) is 0.400. The summed E-state index contributed by atoms with van der Waals surface area (Å²) in [6, 6.07) is 3.56. The second kappa shape index (κ2) is 6.02. The van der Waals surface area contributed by atoms with Gasteiger partial charge in [0.1, 0.15) is 11.4 Å². The van der Waals surface area contributed by atoms with Gasteiger partial charge in [-0.15, -0.1) is 0 Å². The van der Waals surface area contributed by atoms with Crippen molar-refractivity contribution in [1.29, 1.82) is 0 Å². The molecule has 1 aromatic rings. The minimum Gasteiger partial charge on any atom is -0.497 e. The van der Waals surface area contributed by atoms with Crippen molar-refractivity contribution in [3.8, 4) is 5.75 Å². The SMILES string of the molecule is COc1ccc([N+](=O)[O-])c(NC(CO)CO)c1. The minimum absolute atomic E-state index is 0.141. The van der Waals surface area contributed by atoms with Crippen LogP contribution in [0.4, 0.5) is 11.4 Å². The van der Waals surface area contributed by atoms with Crippen molar-refractivity contribution in [2.75, 3.05) is 25.6 Å². The van der Waals surface area contributed by atoms with Crippen LogP contribution in [0.1, 0.15) is 0 Å². The molecule has 7 nitrogen and oxygen atoms in total. The molecule has 0 bridgehead atoms. The van der Waals surface area contributed by atoms with E-state index in [0.29, 0.717) is 5.75 Å². The van der Waals surface area contributed by atoms with E-state index in [2.05, 4.69) is 5.32 Å². The van der Waals surface area contributed by atoms with Crippen molar-refractivity contribution in [2.45, 2.75) is 6.04 Å². The van der Waals surface area contributed by atoms with E-state index >= 15 is 0 Å². The Kier molecular flexibility index (Phi) is 4.68. The topological polar surface area (TPSA) is 105 Å². The summed E-state index contributed by atoms with van der Waals surface area (Å²) in [6.45, 7) is -0.657. The van der Waals surface area contributed by atoms with E-state index in [1.807, 2.05) is 0 Å². The molecule has 0 saturated carbocycles. The quantitative estimate of drug-likeness (QED) is 0.491. The number of anilines is 1. The standard InChI is InChI=1S/C10H14N2O5/c1-17-8-2-3-10(12(15)16)9(4-8)11-7(5-13)6-14/h2-4,7,11,13-14H,5-6H2,1H3. The Morgan fingerprint density at radius 1 is 1.47 bits per heavy atom. The van der Waals surface area contributed by atoms with Crippen LogP contribution in [0, 0.1) is 10.1 Å². The van der Waals surface area contributed by atoms with Crippen molar-refractivity contribution in [3.63, 3.8) is 0 Å². The van der Waals surface area contributed by atoms with Gasteiger partial charge >= 0.3 is 0 Å². The highest BCUT2D eigenvalue weighted by atomic mass is 16.6. The van der Waals surface area contributed by atoms with E-state index in [9.17, 15) is 10.1 Å². The van der Waals surface area contributed by atoms with E-state index in [4.69, 9.17) is 14.9 Å². The fourth-order valence-corrected chi connectivity index (χ4v) is 1.29. The number of ether oxygens (including phenoxy) is 1. The fourth-order valence-electron chi connectivity index (χ4n) is 1.29. The average Bonchev–Trinajstić information content (AvgIpc) is 2.35. The van der Waals surface area contributed by atoms with Gasteiger partial charge in [0.05, 0.1) is 31.3 Å². The second-order valence-electron chi connectivity index (χ2n) is 3.35. The van der Waals surface area contributed by atoms with Crippen LogP contribution in [0.5, 0.6) is 5.75 Å². The monoisotopic (exact) mass is 242 g/mol. The molecule has 0 aliphatic rings. The minimum atomic E-state index is -0.652. The number of aliphatic hydroxyl groups is 2. The summed E-state index contributed by atoms with van der Waals surface area (Å²) in [7, 11) is 1.44. The molecule has 0 aromatic heterocycles. The molecule has 0 radical (unpaired) electrons. The molecule has 0 heterocycles. The summed E-state index contributed by atoms with van der Waals surface area (Å²) in [6.07, 6.45) is 0. The Morgan fingerprint density at radius 3 is 2.59 bits per heavy atom. The number of nitro groups is 1. The van der Waals surface area contributed by atoms with Gasteiger partial charge in [0.25, 0.3) is 5.69 Å². The van der Waals surface area contributed by atoms with Gasteiger partial charge in [0.2, 0.25) is 0 Å². The molecule has 0 saturated heterocycles. The summed E-state index contributed by atoms with van der Waals surface area (Å²) in [5, 5.41) is 31.3. The third-order valence-electron chi connectivity index (χ3n) is 2.20. The highest BCUT2D eigenvalue weighted by Crippen LogP contribution is 2.29. The van der Waals surface area contributed by atoms with Gasteiger partial charge in [-0.05, 0) is 6.07 Å². The summed E-state index contributed by atoms with van der Waals surface area (Å²) in [5.74, 6) is 0.452. The molecular weight excluding hydrogens is 228 g/mol. The van der Waals surface area contributed by atoms with Crippen LogP contribution in [0.15, 0.2) is 18.2 Å². The van der Waals surface area contributed by atoms with Crippen molar-refractivity contribution in [1.82, 2.24) is 0 Å². The molecule has 0 unspecified atom stereocenters. The maximum absolute atomic E-state index is 10.8. The lowest BCUT2D eigenvalue weighted by Gasteiger charge is -2.15. The maximum Gasteiger partial charge on any atom is 0.292 e. The number of nitrogens with zero attached hydrogens (tertiary/aromatic N) is 1. The third kappa shape index (κ3) is 3.30. The smallest absolute Gasteiger partial charge is 0.292 e. The second-order valence-corrected chi connectivity index (χ2v) is 3.35. The molecule has 0 fully saturated rings. The molecular formula is C10H14N2O5. The van der Waals surface area contributed by atoms with Gasteiger partial charge in [-0.2, -0.15) is 0 Å². The predicted molar refractivity (Wildman–Crippen MR) is 61.2 cm³/mol. The van der Waals surface area contributed by atoms with Crippen molar-refractivity contribution >= 4 is 11.4 Å². The predicted octanol–water partition coefficient (Wildman–Crippen LogP) is 0.368. The van der Waals surface area contributed by atoms with Gasteiger partial charge in [0, 0.05) is 12.1 Å². The molecule has 3 N–H and O–H groups in total. The van der Waals surface area contributed by atoms with E-state index in [0.717, 1.165) is 0 Å². The molecule has 0 spiro atoms. The molecule has 0 amide bonds. The molecule has 17 heavy (non-hydrogen) atoms. The van der Waals surface area contributed by atoms with E-state index in [1.54, 1.807) is 0 Å². The first-order valence-corrected chi connectivity index (χ1v) is 4.93. The molecule has 1 aromatic carbocycles. The number of methoxy groups -OCH3 is 1. The molecule has 94 valence electrons. The molecule has 7 heteroatoms. The molecule has 0 atom stereocenters. The van der Waals surface area contributed by atoms with Crippen molar-refractivity contribution in [3.05, 3.63) is 28.3 Å². The van der Waals surface area contributed by atoms with E-state index in [1.165, 1.54) is 25.3 Å². The van der Waals surface area contributed by atoms with Crippen LogP contribution in [-0.4, -0.2) is 41.5 Å². The highest BCUT2D eigenvalue weighted by molar-refractivity contribution is 5.64. The van der Waals surface area contributed by atoms with Crippen molar-refractivity contribution in [2.24, 2.45) is 0 Å². The van der Waals surface area contributed by atoms with Crippen LogP contribution >= 0.6 is 0 Å². The van der Waals surface area contributed by atoms with Crippen LogP contribution < -0.4 is 10.1 Å². The normalized spacial score (nSPS) is 10.4. The largest absolute Gasteiger partial charge is 0.497 e. The molecule has 1 rings (SSSR count). The zero-order chi connectivity index (χ0) is 12.8. The lowest BCUT2D eigenvalue weighted by molar-refractivity contribution is -0.384. The lowest BCUT2D eigenvalue weighted by atomic mass is 10.2. The van der Waals surface area contributed by atoms with Crippen LogP contribution in [0.2, 0.25) is 0 Å². The highest BCUT2D eigenvalue weighted by Gasteiger charge is 2.17. The Balaban J connectivity index is 3.04. The third-order valence-corrected chi connectivity index (χ3v) is 2.20. The number of hydrogen-bond donors (Lipinski definition) is 3. The lowest BCUT2D eigenvalue weighted by Crippen LogP contribution is -2.28. The summed E-state index contributed by atoms with van der Waals surface area (Å²) >= 11 is 0. The Labute approximate surface area is 97.8 Å². The first-order valence-electron chi connectivity index (χ1n) is 4.93. The molecule has 0 aliphatic heterocycles. The Bertz CT molecular complexity index is 392. The number of nitrogens with one attached hydrogen (secondary N) is 1. The van der Waals surface area contributed by atoms with Gasteiger partial charge in [-0.1, -0.05) is 0 Å². The zero-order valence-corrected chi connectivity index (χ0v) is 9.29. The number of aliphatic hydroxyl groups excluding tert-OH is 2. The van der Waals surface area contributed by atoms with Gasteiger partial charge < -0.3 is 20.3 Å². The number of nitro benzene ring substituents is 1. The van der Waals surface area contributed by atoms with Gasteiger partial charge in [0.15, 0.2) is 0 Å². The zero-order valence-electron chi connectivity index (χ0n) is 9.29. The Morgan fingerprint density at radius 2 is 2.12 bits per heavy atom. The van der Waals surface area contributed by atoms with Gasteiger partial charge in [-0.25, -0.2) is 0 Å². The summed E-state index contributed by atoms with van der Waals surface area (Å²) < 4.78 is 4.95. The van der Waals surface area contributed by atoms with E-state index in [-0.39, 0.29) is 24.6 Å². The Hall–Kier alpha value is -1.86. The first-order chi connectivity index (χ1) is 8.12. The number of benzene rings is 1. The maximum atomic E-state index is 10.8. The summed E-state index contributed by atoms with van der Waals surface area (Å²) in [5.41, 5.74) is 0.0557. The van der Waals surface area contributed by atoms with Crippen LogP contribution in [0.25, 0.3) is 0 Å². The van der Waals surface area contributed by atoms with Gasteiger partial charge in [-0.3, -0.25) is 10.1 Å². The first kappa shape index (κ1) is 13.2. The van der Waals surface area contributed by atoms with Crippen LogP contribution in [0.3, 0.4) is 0 Å². The average molecular weight is 242 g/mol. The summed E-state index contributed by atoms with van der Waals surface area (Å²) in [4.78, 5) is 10.2. The number of hydrogen-bond acceptors (Lipinski definition) is 6. The number of rotatable bonds is 6. The molecule has 0 aliphatic carbocycles. The van der Waals surface area contributed by atoms with E-state index < -0.39 is 11.0 Å². The van der Waals surface area contributed by atoms with Crippen LogP contribution in [-0.2, 0) is 0 Å².